The molecular weight excluding hydrogens is 417 g/mol. The van der Waals surface area contributed by atoms with E-state index in [-0.39, 0.29) is 23.7 Å². The summed E-state index contributed by atoms with van der Waals surface area (Å²) in [5.41, 5.74) is 3.18. The molecule has 0 saturated carbocycles. The fourth-order valence-corrected chi connectivity index (χ4v) is 4.51. The highest BCUT2D eigenvalue weighted by Gasteiger charge is 2.30. The molecule has 1 saturated heterocycles. The molecular formula is C27H30FN3O2. The zero-order valence-electron chi connectivity index (χ0n) is 19.1. The molecule has 1 amide bonds. The smallest absolute Gasteiger partial charge is 0.252 e. The number of piperidine rings is 1. The molecule has 2 aromatic carbocycles. The quantitative estimate of drug-likeness (QED) is 0.559. The van der Waals surface area contributed by atoms with Gasteiger partial charge in [-0.1, -0.05) is 30.3 Å². The summed E-state index contributed by atoms with van der Waals surface area (Å²) in [5.74, 6) is 0.460. The first kappa shape index (κ1) is 22.9. The third-order valence-electron chi connectivity index (χ3n) is 6.44. The number of nitrogens with one attached hydrogen (secondary N) is 1. The zero-order chi connectivity index (χ0) is 23.2. The van der Waals surface area contributed by atoms with E-state index in [4.69, 9.17) is 4.74 Å². The number of methoxy groups -OCH3 is 1. The standard InChI is InChI=1S/C27H30FN3O2/c1-19-7-3-4-8-23(19)27(32)30-26(25-9-5-6-14-29-25)20-12-15-31(16-13-20)18-21-10-11-22(33-2)17-24(21)28/h3-11,14,17,20,26H,12-13,15-16,18H2,1-2H3,(H,30,32)/t26-/m1/s1. The lowest BCUT2D eigenvalue weighted by molar-refractivity contribution is 0.0887. The van der Waals surface area contributed by atoms with Gasteiger partial charge in [-0.05, 0) is 68.6 Å². The average Bonchev–Trinajstić information content (AvgIpc) is 2.85. The number of amides is 1. The normalized spacial score (nSPS) is 15.7. The highest BCUT2D eigenvalue weighted by molar-refractivity contribution is 5.95. The number of aromatic nitrogens is 1. The fourth-order valence-electron chi connectivity index (χ4n) is 4.51. The van der Waals surface area contributed by atoms with Gasteiger partial charge in [0.2, 0.25) is 0 Å². The molecule has 4 rings (SSSR count). The molecule has 1 aliphatic rings. The molecule has 0 spiro atoms. The summed E-state index contributed by atoms with van der Waals surface area (Å²) in [4.78, 5) is 19.9. The van der Waals surface area contributed by atoms with Gasteiger partial charge in [-0.15, -0.1) is 0 Å². The summed E-state index contributed by atoms with van der Waals surface area (Å²) in [5, 5.41) is 3.25. The van der Waals surface area contributed by atoms with Gasteiger partial charge in [0.05, 0.1) is 18.8 Å². The first-order valence-corrected chi connectivity index (χ1v) is 11.4. The molecule has 2 heterocycles. The molecule has 33 heavy (non-hydrogen) atoms. The summed E-state index contributed by atoms with van der Waals surface area (Å²) in [6.45, 7) is 4.17. The second-order valence-corrected chi connectivity index (χ2v) is 8.59. The molecule has 0 aliphatic carbocycles. The Balaban J connectivity index is 1.44. The van der Waals surface area contributed by atoms with E-state index in [1.165, 1.54) is 13.2 Å². The Hall–Kier alpha value is -3.25. The highest BCUT2D eigenvalue weighted by Crippen LogP contribution is 2.31. The molecule has 3 aromatic rings. The van der Waals surface area contributed by atoms with E-state index in [0.29, 0.717) is 23.4 Å². The number of carbonyl (C=O) groups is 1. The Morgan fingerprint density at radius 3 is 2.58 bits per heavy atom. The van der Waals surface area contributed by atoms with Crippen molar-refractivity contribution in [2.24, 2.45) is 5.92 Å². The van der Waals surface area contributed by atoms with Gasteiger partial charge in [0.15, 0.2) is 0 Å². The third-order valence-corrected chi connectivity index (χ3v) is 6.44. The number of nitrogens with zero attached hydrogens (tertiary/aromatic N) is 2. The number of likely N-dealkylation sites (tertiary alicyclic amines) is 1. The number of aryl methyl sites for hydroxylation is 1. The summed E-state index contributed by atoms with van der Waals surface area (Å²) in [6, 6.07) is 18.3. The third kappa shape index (κ3) is 5.57. The molecule has 0 bridgehead atoms. The monoisotopic (exact) mass is 447 g/mol. The van der Waals surface area contributed by atoms with Gasteiger partial charge in [0.25, 0.3) is 5.91 Å². The van der Waals surface area contributed by atoms with Crippen molar-refractivity contribution in [3.05, 3.63) is 95.1 Å². The minimum atomic E-state index is -0.242. The van der Waals surface area contributed by atoms with E-state index >= 15 is 0 Å². The van der Waals surface area contributed by atoms with Crippen LogP contribution >= 0.6 is 0 Å². The zero-order valence-corrected chi connectivity index (χ0v) is 19.1. The van der Waals surface area contributed by atoms with Crippen molar-refractivity contribution in [1.82, 2.24) is 15.2 Å². The molecule has 0 unspecified atom stereocenters. The first-order chi connectivity index (χ1) is 16.0. The number of halogens is 1. The van der Waals surface area contributed by atoms with Crippen molar-refractivity contribution in [3.63, 3.8) is 0 Å². The molecule has 1 aromatic heterocycles. The van der Waals surface area contributed by atoms with Gasteiger partial charge in [-0.2, -0.15) is 0 Å². The number of pyridine rings is 1. The van der Waals surface area contributed by atoms with Crippen molar-refractivity contribution in [2.75, 3.05) is 20.2 Å². The van der Waals surface area contributed by atoms with Crippen LogP contribution < -0.4 is 10.1 Å². The van der Waals surface area contributed by atoms with Crippen LogP contribution in [0.15, 0.2) is 66.9 Å². The fraction of sp³-hybridized carbons (Fsp3) is 0.333. The molecule has 1 aliphatic heterocycles. The van der Waals surface area contributed by atoms with E-state index in [9.17, 15) is 9.18 Å². The number of benzene rings is 2. The van der Waals surface area contributed by atoms with Crippen molar-refractivity contribution in [3.8, 4) is 5.75 Å². The highest BCUT2D eigenvalue weighted by atomic mass is 19.1. The van der Waals surface area contributed by atoms with Crippen LogP contribution in [0.2, 0.25) is 0 Å². The number of carbonyl (C=O) groups excluding carboxylic acids is 1. The van der Waals surface area contributed by atoms with E-state index in [2.05, 4.69) is 15.2 Å². The van der Waals surface area contributed by atoms with Crippen molar-refractivity contribution >= 4 is 5.91 Å². The number of ether oxygens (including phenoxy) is 1. The lowest BCUT2D eigenvalue weighted by Gasteiger charge is -2.36. The maximum atomic E-state index is 14.4. The number of hydrogen-bond acceptors (Lipinski definition) is 4. The Kier molecular flexibility index (Phi) is 7.35. The Morgan fingerprint density at radius 2 is 1.91 bits per heavy atom. The second kappa shape index (κ2) is 10.6. The van der Waals surface area contributed by atoms with Crippen molar-refractivity contribution in [1.29, 1.82) is 0 Å². The van der Waals surface area contributed by atoms with Gasteiger partial charge in [0.1, 0.15) is 11.6 Å². The van der Waals surface area contributed by atoms with Crippen LogP contribution in [0.25, 0.3) is 0 Å². The number of hydrogen-bond donors (Lipinski definition) is 1. The Bertz CT molecular complexity index is 1080. The largest absolute Gasteiger partial charge is 0.497 e. The maximum Gasteiger partial charge on any atom is 0.252 e. The van der Waals surface area contributed by atoms with Crippen LogP contribution in [0.4, 0.5) is 4.39 Å². The van der Waals surface area contributed by atoms with E-state index in [1.54, 1.807) is 18.3 Å². The van der Waals surface area contributed by atoms with Gasteiger partial charge >= 0.3 is 0 Å². The van der Waals surface area contributed by atoms with E-state index < -0.39 is 0 Å². The summed E-state index contributed by atoms with van der Waals surface area (Å²) in [7, 11) is 1.54. The van der Waals surface area contributed by atoms with Gasteiger partial charge in [-0.25, -0.2) is 4.39 Å². The summed E-state index contributed by atoms with van der Waals surface area (Å²) >= 11 is 0. The molecule has 172 valence electrons. The van der Waals surface area contributed by atoms with Crippen LogP contribution in [-0.2, 0) is 6.54 Å². The maximum absolute atomic E-state index is 14.4. The van der Waals surface area contributed by atoms with E-state index in [1.807, 2.05) is 49.4 Å². The lowest BCUT2D eigenvalue weighted by atomic mass is 9.86. The SMILES string of the molecule is COc1ccc(CN2CCC([C@@H](NC(=O)c3ccccc3C)c3ccccn3)CC2)c(F)c1. The van der Waals surface area contributed by atoms with Crippen LogP contribution in [-0.4, -0.2) is 36.0 Å². The molecule has 1 atom stereocenters. The first-order valence-electron chi connectivity index (χ1n) is 11.4. The van der Waals surface area contributed by atoms with Gasteiger partial charge < -0.3 is 10.1 Å². The van der Waals surface area contributed by atoms with Crippen molar-refractivity contribution in [2.45, 2.75) is 32.4 Å². The second-order valence-electron chi connectivity index (χ2n) is 8.59. The van der Waals surface area contributed by atoms with E-state index in [0.717, 1.165) is 37.2 Å². The summed E-state index contributed by atoms with van der Waals surface area (Å²) in [6.07, 6.45) is 3.56. The summed E-state index contributed by atoms with van der Waals surface area (Å²) < 4.78 is 19.5. The van der Waals surface area contributed by atoms with Crippen LogP contribution in [0.3, 0.4) is 0 Å². The van der Waals surface area contributed by atoms with Gasteiger partial charge in [-0.3, -0.25) is 14.7 Å². The lowest BCUT2D eigenvalue weighted by Crippen LogP contribution is -2.41. The van der Waals surface area contributed by atoms with Crippen LogP contribution in [0.5, 0.6) is 5.75 Å². The Labute approximate surface area is 194 Å². The minimum Gasteiger partial charge on any atom is -0.497 e. The predicted molar refractivity (Wildman–Crippen MR) is 127 cm³/mol. The molecule has 5 nitrogen and oxygen atoms in total. The topological polar surface area (TPSA) is 54.5 Å². The van der Waals surface area contributed by atoms with Crippen LogP contribution in [0.1, 0.15) is 46.1 Å². The molecule has 6 heteroatoms. The number of rotatable bonds is 7. The Morgan fingerprint density at radius 1 is 1.15 bits per heavy atom. The molecule has 0 radical (unpaired) electrons. The predicted octanol–water partition coefficient (Wildman–Crippen LogP) is 4.92. The minimum absolute atomic E-state index is 0.0773. The van der Waals surface area contributed by atoms with Crippen LogP contribution in [0, 0.1) is 18.7 Å². The molecule has 1 N–H and O–H groups in total. The average molecular weight is 448 g/mol. The van der Waals surface area contributed by atoms with Gasteiger partial charge in [0, 0.05) is 29.9 Å². The molecule has 1 fully saturated rings. The van der Waals surface area contributed by atoms with Crippen molar-refractivity contribution < 1.29 is 13.9 Å².